The fourth-order valence-corrected chi connectivity index (χ4v) is 4.51. The Labute approximate surface area is 179 Å². The number of amides is 1. The van der Waals surface area contributed by atoms with Crippen molar-refractivity contribution in [2.24, 2.45) is 0 Å². The number of benzene rings is 3. The van der Waals surface area contributed by atoms with Gasteiger partial charge >= 0.3 is 12.1 Å². The molecule has 0 aromatic heterocycles. The van der Waals surface area contributed by atoms with Gasteiger partial charge in [0.15, 0.2) is 0 Å². The molecule has 1 heterocycles. The van der Waals surface area contributed by atoms with E-state index in [1.54, 1.807) is 0 Å². The fraction of sp³-hybridized carbons (Fsp3) is 0.240. The highest BCUT2D eigenvalue weighted by Gasteiger charge is 2.47. The van der Waals surface area contributed by atoms with E-state index in [1.165, 1.54) is 0 Å². The van der Waals surface area contributed by atoms with Gasteiger partial charge in [-0.25, -0.2) is 0 Å². The van der Waals surface area contributed by atoms with Crippen LogP contribution in [0.4, 0.5) is 13.2 Å². The molecule has 4 rings (SSSR count). The van der Waals surface area contributed by atoms with E-state index in [4.69, 9.17) is 0 Å². The van der Waals surface area contributed by atoms with Gasteiger partial charge in [-0.3, -0.25) is 9.69 Å². The molecule has 6 heteroatoms. The molecular formula is C25H23F3N2O. The van der Waals surface area contributed by atoms with Gasteiger partial charge in [0.1, 0.15) is 0 Å². The van der Waals surface area contributed by atoms with E-state index in [0.29, 0.717) is 13.1 Å². The van der Waals surface area contributed by atoms with Crippen molar-refractivity contribution in [3.63, 3.8) is 0 Å². The molecule has 0 saturated carbocycles. The Morgan fingerprint density at radius 2 is 0.968 bits per heavy atom. The van der Waals surface area contributed by atoms with Crippen LogP contribution in [0.25, 0.3) is 0 Å². The number of hydrogen-bond donors (Lipinski definition) is 0. The number of nitrogens with zero attached hydrogens (tertiary/aromatic N) is 2. The third-order valence-corrected chi connectivity index (χ3v) is 5.86. The average molecular weight is 424 g/mol. The topological polar surface area (TPSA) is 23.6 Å². The summed E-state index contributed by atoms with van der Waals surface area (Å²) in [4.78, 5) is 14.9. The average Bonchev–Trinajstić information content (AvgIpc) is 2.81. The van der Waals surface area contributed by atoms with Crippen LogP contribution in [-0.4, -0.2) is 48.1 Å². The minimum atomic E-state index is -4.85. The number of hydrogen-bond acceptors (Lipinski definition) is 2. The molecule has 0 bridgehead atoms. The summed E-state index contributed by atoms with van der Waals surface area (Å²) in [6, 6.07) is 30.0. The number of carbonyl (C=O) groups excluding carboxylic acids is 1. The molecule has 1 saturated heterocycles. The number of halogens is 3. The lowest BCUT2D eigenvalue weighted by atomic mass is 9.75. The van der Waals surface area contributed by atoms with Crippen molar-refractivity contribution in [1.29, 1.82) is 0 Å². The summed E-state index contributed by atoms with van der Waals surface area (Å²) in [6.07, 6.45) is -4.85. The zero-order valence-electron chi connectivity index (χ0n) is 16.9. The van der Waals surface area contributed by atoms with E-state index in [-0.39, 0.29) is 13.1 Å². The van der Waals surface area contributed by atoms with E-state index in [0.717, 1.165) is 21.6 Å². The lowest BCUT2D eigenvalue weighted by Crippen LogP contribution is -2.58. The van der Waals surface area contributed by atoms with Gasteiger partial charge in [0.2, 0.25) is 0 Å². The van der Waals surface area contributed by atoms with Gasteiger partial charge < -0.3 is 4.90 Å². The standard InChI is InChI=1S/C25H23F3N2O/c26-25(27,28)23(31)29-16-18-30(19-17-29)24(20-10-4-1-5-11-20,21-12-6-2-7-13-21)22-14-8-3-9-15-22/h1-15H,16-19H2. The Morgan fingerprint density at radius 3 is 1.29 bits per heavy atom. The van der Waals surface area contributed by atoms with Gasteiger partial charge in [0, 0.05) is 26.2 Å². The molecule has 160 valence electrons. The van der Waals surface area contributed by atoms with Crippen LogP contribution in [0.15, 0.2) is 91.0 Å². The second kappa shape index (κ2) is 8.55. The highest BCUT2D eigenvalue weighted by Crippen LogP contribution is 2.42. The largest absolute Gasteiger partial charge is 0.471 e. The Bertz CT molecular complexity index is 903. The molecule has 0 N–H and O–H groups in total. The molecular weight excluding hydrogens is 401 g/mol. The Kier molecular flexibility index (Phi) is 5.83. The smallest absolute Gasteiger partial charge is 0.332 e. The maximum atomic E-state index is 13.0. The first-order chi connectivity index (χ1) is 14.9. The SMILES string of the molecule is O=C(N1CCN(C(c2ccccc2)(c2ccccc2)c2ccccc2)CC1)C(F)(F)F. The monoisotopic (exact) mass is 424 g/mol. The van der Waals surface area contributed by atoms with E-state index < -0.39 is 17.6 Å². The summed E-state index contributed by atoms with van der Waals surface area (Å²) in [6.45, 7) is 0.681. The Morgan fingerprint density at radius 1 is 0.613 bits per heavy atom. The maximum absolute atomic E-state index is 13.0. The molecule has 1 amide bonds. The number of carbonyl (C=O) groups is 1. The van der Waals surface area contributed by atoms with Gasteiger partial charge in [-0.1, -0.05) is 91.0 Å². The van der Waals surface area contributed by atoms with Crippen molar-refractivity contribution in [2.75, 3.05) is 26.2 Å². The molecule has 0 unspecified atom stereocenters. The minimum Gasteiger partial charge on any atom is -0.332 e. The molecule has 1 fully saturated rings. The zero-order valence-corrected chi connectivity index (χ0v) is 16.9. The van der Waals surface area contributed by atoms with Gasteiger partial charge in [0.25, 0.3) is 0 Å². The molecule has 3 aromatic rings. The zero-order chi connectivity index (χ0) is 21.9. The summed E-state index contributed by atoms with van der Waals surface area (Å²) in [5, 5.41) is 0. The number of piperazine rings is 1. The van der Waals surface area contributed by atoms with Crippen molar-refractivity contribution in [3.05, 3.63) is 108 Å². The molecule has 3 aromatic carbocycles. The van der Waals surface area contributed by atoms with Crippen LogP contribution in [0.3, 0.4) is 0 Å². The molecule has 31 heavy (non-hydrogen) atoms. The van der Waals surface area contributed by atoms with E-state index in [1.807, 2.05) is 91.0 Å². The lowest BCUT2D eigenvalue weighted by Gasteiger charge is -2.49. The summed E-state index contributed by atoms with van der Waals surface area (Å²) < 4.78 is 38.9. The third-order valence-electron chi connectivity index (χ3n) is 5.86. The van der Waals surface area contributed by atoms with Crippen LogP contribution >= 0.6 is 0 Å². The summed E-state index contributed by atoms with van der Waals surface area (Å²) >= 11 is 0. The van der Waals surface area contributed by atoms with Crippen molar-refractivity contribution in [1.82, 2.24) is 9.80 Å². The van der Waals surface area contributed by atoms with E-state index in [2.05, 4.69) is 4.90 Å². The van der Waals surface area contributed by atoms with Crippen molar-refractivity contribution in [3.8, 4) is 0 Å². The second-order valence-corrected chi connectivity index (χ2v) is 7.59. The van der Waals surface area contributed by atoms with Gasteiger partial charge in [-0.2, -0.15) is 13.2 Å². The normalized spacial score (nSPS) is 15.6. The highest BCUT2D eigenvalue weighted by molar-refractivity contribution is 5.82. The molecule has 0 aliphatic carbocycles. The van der Waals surface area contributed by atoms with Gasteiger partial charge in [-0.05, 0) is 16.7 Å². The predicted molar refractivity (Wildman–Crippen MR) is 113 cm³/mol. The molecule has 1 aliphatic heterocycles. The number of rotatable bonds is 4. The lowest BCUT2D eigenvalue weighted by molar-refractivity contribution is -0.187. The molecule has 0 atom stereocenters. The van der Waals surface area contributed by atoms with Crippen LogP contribution < -0.4 is 0 Å². The summed E-state index contributed by atoms with van der Waals surface area (Å²) in [7, 11) is 0. The van der Waals surface area contributed by atoms with Crippen LogP contribution in [0.2, 0.25) is 0 Å². The van der Waals surface area contributed by atoms with Crippen LogP contribution in [0.5, 0.6) is 0 Å². The predicted octanol–water partition coefficient (Wildman–Crippen LogP) is 4.69. The number of alkyl halides is 3. The summed E-state index contributed by atoms with van der Waals surface area (Å²) in [5.74, 6) is -1.77. The third kappa shape index (κ3) is 3.95. The molecule has 0 spiro atoms. The quantitative estimate of drug-likeness (QED) is 0.568. The van der Waals surface area contributed by atoms with E-state index >= 15 is 0 Å². The first kappa shape index (κ1) is 21.1. The highest BCUT2D eigenvalue weighted by atomic mass is 19.4. The first-order valence-corrected chi connectivity index (χ1v) is 10.2. The van der Waals surface area contributed by atoms with Crippen LogP contribution in [-0.2, 0) is 10.3 Å². The van der Waals surface area contributed by atoms with Crippen molar-refractivity contribution >= 4 is 5.91 Å². The van der Waals surface area contributed by atoms with Gasteiger partial charge in [0.05, 0.1) is 5.54 Å². The van der Waals surface area contributed by atoms with Gasteiger partial charge in [-0.15, -0.1) is 0 Å². The van der Waals surface area contributed by atoms with Crippen molar-refractivity contribution in [2.45, 2.75) is 11.7 Å². The minimum absolute atomic E-state index is 0.0204. The summed E-state index contributed by atoms with van der Waals surface area (Å²) in [5.41, 5.74) is 2.41. The fourth-order valence-electron chi connectivity index (χ4n) is 4.51. The maximum Gasteiger partial charge on any atom is 0.471 e. The Hall–Kier alpha value is -3.12. The molecule has 0 radical (unpaired) electrons. The van der Waals surface area contributed by atoms with Crippen molar-refractivity contribution < 1.29 is 18.0 Å². The Balaban J connectivity index is 1.82. The van der Waals surface area contributed by atoms with Crippen LogP contribution in [0, 0.1) is 0 Å². The van der Waals surface area contributed by atoms with Crippen LogP contribution in [0.1, 0.15) is 16.7 Å². The first-order valence-electron chi connectivity index (χ1n) is 10.2. The molecule has 3 nitrogen and oxygen atoms in total. The second-order valence-electron chi connectivity index (χ2n) is 7.59. The van der Waals surface area contributed by atoms with E-state index in [9.17, 15) is 18.0 Å². The molecule has 1 aliphatic rings.